The molecule has 1 aliphatic rings. The minimum atomic E-state index is -0.806. The molecule has 0 aromatic heterocycles. The monoisotopic (exact) mass is 496 g/mol. The molecule has 1 aliphatic heterocycles. The number of thioether (sulfide) groups is 1. The Balaban J connectivity index is 1.37. The van der Waals surface area contributed by atoms with Gasteiger partial charge in [0.1, 0.15) is 0 Å². The van der Waals surface area contributed by atoms with Crippen LogP contribution in [0.4, 0.5) is 0 Å². The van der Waals surface area contributed by atoms with Gasteiger partial charge in [0.25, 0.3) is 0 Å². The number of morpholine rings is 1. The largest absolute Gasteiger partial charge is 0.481 e. The van der Waals surface area contributed by atoms with Gasteiger partial charge in [-0.2, -0.15) is 0 Å². The van der Waals surface area contributed by atoms with Crippen LogP contribution in [0.15, 0.2) is 47.4 Å². The second kappa shape index (κ2) is 12.5. The van der Waals surface area contributed by atoms with Crippen LogP contribution >= 0.6 is 35.0 Å². The molecule has 2 N–H and O–H groups in total. The first-order valence-corrected chi connectivity index (χ1v) is 12.1. The van der Waals surface area contributed by atoms with Crippen LogP contribution in [0, 0.1) is 0 Å². The molecule has 6 nitrogen and oxygen atoms in total. The number of rotatable bonds is 10. The molecular formula is C23H26Cl2N2O4S. The summed E-state index contributed by atoms with van der Waals surface area (Å²) >= 11 is 13.5. The van der Waals surface area contributed by atoms with E-state index in [-0.39, 0.29) is 18.4 Å². The first kappa shape index (κ1) is 24.9. The Kier molecular flexibility index (Phi) is 9.69. The van der Waals surface area contributed by atoms with E-state index in [1.54, 1.807) is 6.07 Å². The topological polar surface area (TPSA) is 78.9 Å². The molecule has 0 saturated carbocycles. The van der Waals surface area contributed by atoms with Crippen LogP contribution in [0.3, 0.4) is 0 Å². The van der Waals surface area contributed by atoms with Gasteiger partial charge in [-0.3, -0.25) is 14.5 Å². The smallest absolute Gasteiger partial charge is 0.303 e. The van der Waals surface area contributed by atoms with Crippen molar-refractivity contribution in [2.24, 2.45) is 0 Å². The normalized spacial score (nSPS) is 16.6. The summed E-state index contributed by atoms with van der Waals surface area (Å²) < 4.78 is 5.80. The van der Waals surface area contributed by atoms with E-state index in [9.17, 15) is 9.59 Å². The quantitative estimate of drug-likeness (QED) is 0.481. The third kappa shape index (κ3) is 8.30. The maximum atomic E-state index is 12.3. The Morgan fingerprint density at radius 1 is 1.12 bits per heavy atom. The van der Waals surface area contributed by atoms with E-state index in [1.807, 2.05) is 36.4 Å². The molecule has 1 saturated heterocycles. The first-order chi connectivity index (χ1) is 15.4. The van der Waals surface area contributed by atoms with Gasteiger partial charge in [0.2, 0.25) is 5.91 Å². The SMILES string of the molecule is O=C(O)CCc1ccc(SCC(=O)NC[C@H]2CN(Cc3ccc(Cl)c(Cl)c3)CCO2)cc1. The van der Waals surface area contributed by atoms with Gasteiger partial charge in [0.15, 0.2) is 0 Å². The summed E-state index contributed by atoms with van der Waals surface area (Å²) in [5.74, 6) is -0.538. The zero-order valence-electron chi connectivity index (χ0n) is 17.6. The molecule has 0 spiro atoms. The molecule has 1 amide bonds. The van der Waals surface area contributed by atoms with Crippen LogP contribution < -0.4 is 5.32 Å². The fourth-order valence-electron chi connectivity index (χ4n) is 3.37. The number of nitrogens with zero attached hydrogens (tertiary/aromatic N) is 1. The summed E-state index contributed by atoms with van der Waals surface area (Å²) in [6.07, 6.45) is 0.557. The Labute approximate surface area is 202 Å². The molecule has 32 heavy (non-hydrogen) atoms. The van der Waals surface area contributed by atoms with Crippen molar-refractivity contribution >= 4 is 46.8 Å². The van der Waals surface area contributed by atoms with Crippen molar-refractivity contribution in [2.45, 2.75) is 30.4 Å². The Morgan fingerprint density at radius 2 is 1.88 bits per heavy atom. The maximum Gasteiger partial charge on any atom is 0.303 e. The summed E-state index contributed by atoms with van der Waals surface area (Å²) in [6.45, 7) is 3.38. The minimum absolute atomic E-state index is 0.0461. The molecule has 1 atom stereocenters. The third-order valence-corrected chi connectivity index (χ3v) is 6.81. The van der Waals surface area contributed by atoms with E-state index in [4.69, 9.17) is 33.0 Å². The maximum absolute atomic E-state index is 12.3. The number of carbonyl (C=O) groups excluding carboxylic acids is 1. The number of halogens is 2. The molecular weight excluding hydrogens is 471 g/mol. The van der Waals surface area contributed by atoms with Crippen LogP contribution in [0.5, 0.6) is 0 Å². The predicted octanol–water partition coefficient (Wildman–Crippen LogP) is 4.12. The predicted molar refractivity (Wildman–Crippen MR) is 128 cm³/mol. The Bertz CT molecular complexity index is 927. The third-order valence-electron chi connectivity index (χ3n) is 5.06. The molecule has 1 heterocycles. The van der Waals surface area contributed by atoms with Gasteiger partial charge in [-0.1, -0.05) is 41.4 Å². The summed E-state index contributed by atoms with van der Waals surface area (Å²) in [4.78, 5) is 26.2. The first-order valence-electron chi connectivity index (χ1n) is 10.4. The van der Waals surface area contributed by atoms with Gasteiger partial charge in [-0.05, 0) is 41.8 Å². The van der Waals surface area contributed by atoms with Gasteiger partial charge in [-0.25, -0.2) is 0 Å². The average Bonchev–Trinajstić information content (AvgIpc) is 2.78. The van der Waals surface area contributed by atoms with E-state index < -0.39 is 5.97 Å². The molecule has 2 aromatic rings. The number of carboxylic acid groups (broad SMARTS) is 1. The molecule has 0 unspecified atom stereocenters. The summed E-state index contributed by atoms with van der Waals surface area (Å²) in [5.41, 5.74) is 2.07. The number of aryl methyl sites for hydroxylation is 1. The zero-order chi connectivity index (χ0) is 22.9. The number of amides is 1. The van der Waals surface area contributed by atoms with E-state index in [0.717, 1.165) is 35.7 Å². The number of aliphatic carboxylic acids is 1. The molecule has 9 heteroatoms. The van der Waals surface area contributed by atoms with Gasteiger partial charge in [-0.15, -0.1) is 11.8 Å². The lowest BCUT2D eigenvalue weighted by Gasteiger charge is -2.33. The van der Waals surface area contributed by atoms with E-state index in [2.05, 4.69) is 10.2 Å². The van der Waals surface area contributed by atoms with Crippen molar-refractivity contribution in [3.8, 4) is 0 Å². The number of carboxylic acids is 1. The van der Waals surface area contributed by atoms with E-state index in [1.165, 1.54) is 11.8 Å². The lowest BCUT2D eigenvalue weighted by atomic mass is 10.1. The van der Waals surface area contributed by atoms with Crippen molar-refractivity contribution in [2.75, 3.05) is 32.0 Å². The van der Waals surface area contributed by atoms with Crippen molar-refractivity contribution in [1.82, 2.24) is 10.2 Å². The van der Waals surface area contributed by atoms with Crippen LogP contribution in [-0.2, 0) is 27.3 Å². The lowest BCUT2D eigenvalue weighted by molar-refractivity contribution is -0.137. The van der Waals surface area contributed by atoms with Gasteiger partial charge >= 0.3 is 5.97 Å². The summed E-state index contributed by atoms with van der Waals surface area (Å²) in [6, 6.07) is 13.3. The number of hydrogen-bond acceptors (Lipinski definition) is 5. The van der Waals surface area contributed by atoms with E-state index in [0.29, 0.717) is 35.4 Å². The Morgan fingerprint density at radius 3 is 2.59 bits per heavy atom. The van der Waals surface area contributed by atoms with Crippen LogP contribution in [0.25, 0.3) is 0 Å². The van der Waals surface area contributed by atoms with Crippen molar-refractivity contribution in [1.29, 1.82) is 0 Å². The molecule has 1 fully saturated rings. The summed E-state index contributed by atoms with van der Waals surface area (Å²) in [7, 11) is 0. The number of ether oxygens (including phenoxy) is 1. The van der Waals surface area contributed by atoms with Gasteiger partial charge in [0, 0.05) is 37.5 Å². The second-order valence-corrected chi connectivity index (χ2v) is 9.47. The van der Waals surface area contributed by atoms with Crippen molar-refractivity contribution < 1.29 is 19.4 Å². The number of carbonyl (C=O) groups is 2. The number of benzene rings is 2. The van der Waals surface area contributed by atoms with Crippen LogP contribution in [0.2, 0.25) is 10.0 Å². The number of nitrogens with one attached hydrogen (secondary N) is 1. The zero-order valence-corrected chi connectivity index (χ0v) is 19.9. The highest BCUT2D eigenvalue weighted by molar-refractivity contribution is 8.00. The highest BCUT2D eigenvalue weighted by Crippen LogP contribution is 2.24. The molecule has 0 bridgehead atoms. The summed E-state index contributed by atoms with van der Waals surface area (Å²) in [5, 5.41) is 12.8. The van der Waals surface area contributed by atoms with Crippen molar-refractivity contribution in [3.63, 3.8) is 0 Å². The minimum Gasteiger partial charge on any atom is -0.481 e. The molecule has 172 valence electrons. The standard InChI is InChI=1S/C23H26Cl2N2O4S/c24-20-7-3-17(11-21(20)25)13-27-9-10-31-18(14-27)12-26-22(28)15-32-19-5-1-16(2-6-19)4-8-23(29)30/h1-3,5-7,11,18H,4,8-10,12-15H2,(H,26,28)(H,29,30)/t18-/m0/s1. The van der Waals surface area contributed by atoms with Crippen molar-refractivity contribution in [3.05, 3.63) is 63.6 Å². The molecule has 2 aromatic carbocycles. The average molecular weight is 497 g/mol. The molecule has 0 radical (unpaired) electrons. The highest BCUT2D eigenvalue weighted by Gasteiger charge is 2.21. The van der Waals surface area contributed by atoms with Gasteiger partial charge in [0.05, 0.1) is 28.5 Å². The van der Waals surface area contributed by atoms with Crippen LogP contribution in [0.1, 0.15) is 17.5 Å². The highest BCUT2D eigenvalue weighted by atomic mass is 35.5. The lowest BCUT2D eigenvalue weighted by Crippen LogP contribution is -2.47. The molecule has 0 aliphatic carbocycles. The fraction of sp³-hybridized carbons (Fsp3) is 0.391. The van der Waals surface area contributed by atoms with E-state index >= 15 is 0 Å². The number of hydrogen-bond donors (Lipinski definition) is 2. The molecule has 3 rings (SSSR count). The van der Waals surface area contributed by atoms with Gasteiger partial charge < -0.3 is 15.2 Å². The fourth-order valence-corrected chi connectivity index (χ4v) is 4.42. The van der Waals surface area contributed by atoms with Crippen LogP contribution in [-0.4, -0.2) is 60.0 Å². The Hall–Kier alpha value is -1.77. The second-order valence-electron chi connectivity index (χ2n) is 7.61.